The van der Waals surface area contributed by atoms with Crippen molar-refractivity contribution in [2.24, 2.45) is 0 Å². The molecule has 1 aromatic carbocycles. The van der Waals surface area contributed by atoms with Crippen LogP contribution in [0, 0.1) is 11.3 Å². The summed E-state index contributed by atoms with van der Waals surface area (Å²) in [6.45, 7) is 0. The first-order chi connectivity index (χ1) is 10.3. The van der Waals surface area contributed by atoms with E-state index in [2.05, 4.69) is 16.0 Å². The zero-order valence-electron chi connectivity index (χ0n) is 11.0. The van der Waals surface area contributed by atoms with E-state index in [0.717, 1.165) is 0 Å². The average molecular weight is 274 g/mol. The summed E-state index contributed by atoms with van der Waals surface area (Å²) < 4.78 is 1.43. The maximum absolute atomic E-state index is 12.1. The van der Waals surface area contributed by atoms with E-state index in [-0.39, 0.29) is 5.56 Å². The number of hydrogen-bond donors (Lipinski definition) is 0. The highest BCUT2D eigenvalue weighted by molar-refractivity contribution is 5.56. The molecule has 2 aromatic heterocycles. The first kappa shape index (κ1) is 12.8. The van der Waals surface area contributed by atoms with E-state index < -0.39 is 0 Å². The molecule has 0 saturated carbocycles. The predicted octanol–water partition coefficient (Wildman–Crippen LogP) is 2.17. The summed E-state index contributed by atoms with van der Waals surface area (Å²) in [5, 5.41) is 9.17. The Morgan fingerprint density at radius 2 is 1.76 bits per heavy atom. The normalized spacial score (nSPS) is 10.0. The molecule has 5 heteroatoms. The molecular weight excluding hydrogens is 264 g/mol. The smallest absolute Gasteiger partial charge is 0.255 e. The Kier molecular flexibility index (Phi) is 3.27. The van der Waals surface area contributed by atoms with Crippen LogP contribution < -0.4 is 5.56 Å². The minimum atomic E-state index is -0.211. The number of benzene rings is 1. The van der Waals surface area contributed by atoms with Gasteiger partial charge in [-0.2, -0.15) is 5.26 Å². The molecule has 0 spiro atoms. The van der Waals surface area contributed by atoms with E-state index in [1.165, 1.54) is 10.6 Å². The first-order valence-corrected chi connectivity index (χ1v) is 6.29. The van der Waals surface area contributed by atoms with E-state index in [4.69, 9.17) is 5.26 Å². The van der Waals surface area contributed by atoms with E-state index in [1.807, 2.05) is 0 Å². The van der Waals surface area contributed by atoms with Gasteiger partial charge in [-0.3, -0.25) is 9.36 Å². The molecule has 3 rings (SSSR count). The van der Waals surface area contributed by atoms with E-state index >= 15 is 0 Å². The van der Waals surface area contributed by atoms with E-state index in [1.54, 1.807) is 55.0 Å². The van der Waals surface area contributed by atoms with Crippen molar-refractivity contribution in [1.82, 2.24) is 14.5 Å². The molecule has 0 amide bonds. The topological polar surface area (TPSA) is 71.6 Å². The SMILES string of the molecule is N#Cc1ccccc1-n1cc(-c2ncccn2)ccc1=O. The third kappa shape index (κ3) is 2.42. The number of pyridine rings is 1. The Bertz CT molecular complexity index is 879. The minimum Gasteiger partial charge on any atom is -0.282 e. The van der Waals surface area contributed by atoms with E-state index in [0.29, 0.717) is 22.6 Å². The number of hydrogen-bond acceptors (Lipinski definition) is 4. The number of para-hydroxylation sites is 1. The van der Waals surface area contributed by atoms with Crippen molar-refractivity contribution in [1.29, 1.82) is 5.26 Å². The molecule has 0 aliphatic carbocycles. The van der Waals surface area contributed by atoms with Crippen LogP contribution in [-0.4, -0.2) is 14.5 Å². The second-order valence-corrected chi connectivity index (χ2v) is 4.33. The van der Waals surface area contributed by atoms with Crippen LogP contribution in [0.2, 0.25) is 0 Å². The zero-order chi connectivity index (χ0) is 14.7. The lowest BCUT2D eigenvalue weighted by Crippen LogP contribution is -2.17. The Labute approximate surface area is 120 Å². The molecule has 0 N–H and O–H groups in total. The van der Waals surface area contributed by atoms with Crippen molar-refractivity contribution in [3.63, 3.8) is 0 Å². The average Bonchev–Trinajstić information content (AvgIpc) is 2.56. The summed E-state index contributed by atoms with van der Waals surface area (Å²) in [6, 6.07) is 13.9. The number of aromatic nitrogens is 3. The van der Waals surface area contributed by atoms with Gasteiger partial charge in [0.2, 0.25) is 0 Å². The molecule has 21 heavy (non-hydrogen) atoms. The fourth-order valence-electron chi connectivity index (χ4n) is 2.03. The maximum atomic E-state index is 12.1. The molecule has 0 atom stereocenters. The molecule has 0 saturated heterocycles. The molecular formula is C16H10N4O. The van der Waals surface area contributed by atoms with Crippen molar-refractivity contribution in [3.8, 4) is 23.1 Å². The number of nitriles is 1. The minimum absolute atomic E-state index is 0.211. The van der Waals surface area contributed by atoms with Crippen LogP contribution in [0.15, 0.2) is 65.8 Å². The number of nitrogens with zero attached hydrogens (tertiary/aromatic N) is 4. The largest absolute Gasteiger partial charge is 0.282 e. The van der Waals surface area contributed by atoms with Gasteiger partial charge in [0, 0.05) is 30.2 Å². The standard InChI is InChI=1S/C16H10N4O/c17-10-12-4-1-2-5-14(12)20-11-13(6-7-15(20)21)16-18-8-3-9-19-16/h1-9,11H. The van der Waals surface area contributed by atoms with Gasteiger partial charge in [-0.25, -0.2) is 9.97 Å². The molecule has 0 aliphatic rings. The van der Waals surface area contributed by atoms with Gasteiger partial charge < -0.3 is 0 Å². The quantitative estimate of drug-likeness (QED) is 0.718. The highest BCUT2D eigenvalue weighted by atomic mass is 16.1. The van der Waals surface area contributed by atoms with Crippen LogP contribution in [0.4, 0.5) is 0 Å². The van der Waals surface area contributed by atoms with Gasteiger partial charge in [0.25, 0.3) is 5.56 Å². The third-order valence-corrected chi connectivity index (χ3v) is 3.02. The second-order valence-electron chi connectivity index (χ2n) is 4.33. The maximum Gasteiger partial charge on any atom is 0.255 e. The Balaban J connectivity index is 2.20. The molecule has 0 radical (unpaired) electrons. The molecule has 100 valence electrons. The van der Waals surface area contributed by atoms with Gasteiger partial charge in [0.15, 0.2) is 5.82 Å². The second kappa shape index (κ2) is 5.39. The van der Waals surface area contributed by atoms with E-state index in [9.17, 15) is 4.79 Å². The molecule has 3 aromatic rings. The molecule has 0 unspecified atom stereocenters. The summed E-state index contributed by atoms with van der Waals surface area (Å²) in [7, 11) is 0. The van der Waals surface area contributed by atoms with Gasteiger partial charge in [-0.1, -0.05) is 12.1 Å². The van der Waals surface area contributed by atoms with Crippen LogP contribution in [0.25, 0.3) is 17.1 Å². The Hall–Kier alpha value is -3.26. The molecule has 2 heterocycles. The first-order valence-electron chi connectivity index (χ1n) is 6.29. The lowest BCUT2D eigenvalue weighted by molar-refractivity contribution is 0.982. The molecule has 5 nitrogen and oxygen atoms in total. The fourth-order valence-corrected chi connectivity index (χ4v) is 2.03. The van der Waals surface area contributed by atoms with Crippen LogP contribution >= 0.6 is 0 Å². The highest BCUT2D eigenvalue weighted by Gasteiger charge is 2.08. The summed E-state index contributed by atoms with van der Waals surface area (Å²) in [6.07, 6.45) is 4.93. The van der Waals surface area contributed by atoms with Crippen molar-refractivity contribution in [2.75, 3.05) is 0 Å². The zero-order valence-corrected chi connectivity index (χ0v) is 11.0. The summed E-state index contributed by atoms with van der Waals surface area (Å²) >= 11 is 0. The Morgan fingerprint density at radius 1 is 1.00 bits per heavy atom. The van der Waals surface area contributed by atoms with Gasteiger partial charge in [0.05, 0.1) is 11.3 Å². The van der Waals surface area contributed by atoms with Crippen molar-refractivity contribution in [2.45, 2.75) is 0 Å². The van der Waals surface area contributed by atoms with Crippen LogP contribution in [0.5, 0.6) is 0 Å². The molecule has 0 bridgehead atoms. The van der Waals surface area contributed by atoms with Gasteiger partial charge in [0.1, 0.15) is 6.07 Å². The van der Waals surface area contributed by atoms with Gasteiger partial charge >= 0.3 is 0 Å². The van der Waals surface area contributed by atoms with Gasteiger partial charge in [-0.05, 0) is 24.3 Å². The molecule has 0 aliphatic heterocycles. The Morgan fingerprint density at radius 3 is 2.52 bits per heavy atom. The lowest BCUT2D eigenvalue weighted by Gasteiger charge is -2.09. The monoisotopic (exact) mass is 274 g/mol. The van der Waals surface area contributed by atoms with Crippen LogP contribution in [-0.2, 0) is 0 Å². The predicted molar refractivity (Wildman–Crippen MR) is 77.8 cm³/mol. The van der Waals surface area contributed by atoms with Crippen molar-refractivity contribution < 1.29 is 0 Å². The lowest BCUT2D eigenvalue weighted by atomic mass is 10.2. The number of rotatable bonds is 2. The summed E-state index contributed by atoms with van der Waals surface area (Å²) in [5.74, 6) is 0.528. The van der Waals surface area contributed by atoms with Crippen molar-refractivity contribution >= 4 is 0 Å². The summed E-state index contributed by atoms with van der Waals surface area (Å²) in [4.78, 5) is 20.4. The van der Waals surface area contributed by atoms with Crippen LogP contribution in [0.3, 0.4) is 0 Å². The van der Waals surface area contributed by atoms with Gasteiger partial charge in [-0.15, -0.1) is 0 Å². The van der Waals surface area contributed by atoms with Crippen molar-refractivity contribution in [3.05, 3.63) is 77.0 Å². The molecule has 0 fully saturated rings. The third-order valence-electron chi connectivity index (χ3n) is 3.02. The van der Waals surface area contributed by atoms with Crippen LogP contribution in [0.1, 0.15) is 5.56 Å². The highest BCUT2D eigenvalue weighted by Crippen LogP contribution is 2.16. The fraction of sp³-hybridized carbons (Fsp3) is 0. The summed E-state index contributed by atoms with van der Waals surface area (Å²) in [5.41, 5.74) is 1.48.